The van der Waals surface area contributed by atoms with Gasteiger partial charge in [-0.15, -0.1) is 0 Å². The van der Waals surface area contributed by atoms with E-state index >= 15 is 0 Å². The highest BCUT2D eigenvalue weighted by atomic mass is 31.1. The standard InChI is InChI=1S/C33H23N4P/c1-36-19-18-35-33(36)22-13-15-27-26-9-3-5-11-30(26)38(31(27)20-22)23-14-16-25-24-8-2-4-10-28(24)37(29(25)21-23)32-12-6-7-17-34-32/h2-21H,1H3. The van der Waals surface area contributed by atoms with E-state index in [0.717, 1.165) is 17.2 Å². The van der Waals surface area contributed by atoms with E-state index in [9.17, 15) is 0 Å². The largest absolute Gasteiger partial charge is 0.334 e. The number of rotatable bonds is 3. The molecule has 4 aromatic heterocycles. The van der Waals surface area contributed by atoms with Gasteiger partial charge in [-0.2, -0.15) is 0 Å². The Morgan fingerprint density at radius 1 is 0.605 bits per heavy atom. The maximum Gasteiger partial charge on any atom is 0.139 e. The Morgan fingerprint density at radius 2 is 1.37 bits per heavy atom. The Balaban J connectivity index is 1.47. The van der Waals surface area contributed by atoms with Gasteiger partial charge in [0.25, 0.3) is 0 Å². The Bertz CT molecular complexity index is 2150. The van der Waals surface area contributed by atoms with Crippen LogP contribution in [-0.2, 0) is 7.05 Å². The Labute approximate surface area is 220 Å². The van der Waals surface area contributed by atoms with Gasteiger partial charge in [0.05, 0.1) is 11.0 Å². The minimum Gasteiger partial charge on any atom is -0.334 e. The molecule has 8 aromatic rings. The van der Waals surface area contributed by atoms with Crippen LogP contribution >= 0.6 is 7.53 Å². The summed E-state index contributed by atoms with van der Waals surface area (Å²) >= 11 is 0. The lowest BCUT2D eigenvalue weighted by molar-refractivity contribution is 0.925. The highest BCUT2D eigenvalue weighted by Gasteiger charge is 2.18. The molecule has 8 rings (SSSR count). The van der Waals surface area contributed by atoms with Crippen molar-refractivity contribution in [2.45, 2.75) is 0 Å². The van der Waals surface area contributed by atoms with Gasteiger partial charge < -0.3 is 4.57 Å². The van der Waals surface area contributed by atoms with Crippen LogP contribution in [0.1, 0.15) is 0 Å². The molecule has 0 aliphatic heterocycles. The molecule has 0 aliphatic rings. The molecule has 0 saturated carbocycles. The summed E-state index contributed by atoms with van der Waals surface area (Å²) in [4.78, 5) is 9.36. The van der Waals surface area contributed by atoms with Crippen LogP contribution in [0.5, 0.6) is 0 Å². The zero-order valence-electron chi connectivity index (χ0n) is 20.8. The Kier molecular flexibility index (Phi) is 4.61. The van der Waals surface area contributed by atoms with Crippen LogP contribution in [0, 0.1) is 0 Å². The fraction of sp³-hybridized carbons (Fsp3) is 0.0303. The normalized spacial score (nSPS) is 12.3. The molecule has 4 heterocycles. The minimum absolute atomic E-state index is 0.728. The second kappa shape index (κ2) is 8.17. The molecule has 0 bridgehead atoms. The van der Waals surface area contributed by atoms with Crippen LogP contribution in [0.4, 0.5) is 0 Å². The quantitative estimate of drug-likeness (QED) is 0.240. The maximum absolute atomic E-state index is 4.73. The van der Waals surface area contributed by atoms with Crippen molar-refractivity contribution < 1.29 is 0 Å². The second-order valence-corrected chi connectivity index (χ2v) is 11.8. The van der Waals surface area contributed by atoms with Gasteiger partial charge >= 0.3 is 0 Å². The monoisotopic (exact) mass is 506 g/mol. The minimum atomic E-state index is -0.728. The van der Waals surface area contributed by atoms with Crippen LogP contribution in [0.15, 0.2) is 122 Å². The van der Waals surface area contributed by atoms with Crippen LogP contribution in [0.3, 0.4) is 0 Å². The summed E-state index contributed by atoms with van der Waals surface area (Å²) in [7, 11) is 1.32. The molecule has 1 unspecified atom stereocenters. The Hall–Kier alpha value is -4.66. The molecule has 0 saturated heterocycles. The smallest absolute Gasteiger partial charge is 0.139 e. The molecule has 180 valence electrons. The fourth-order valence-corrected chi connectivity index (χ4v) is 8.53. The molecule has 0 radical (unpaired) electrons. The zero-order valence-corrected chi connectivity index (χ0v) is 21.7. The van der Waals surface area contributed by atoms with Gasteiger partial charge in [0.1, 0.15) is 11.6 Å². The first-order valence-corrected chi connectivity index (χ1v) is 14.1. The van der Waals surface area contributed by atoms with Crippen molar-refractivity contribution in [2.24, 2.45) is 7.05 Å². The lowest BCUT2D eigenvalue weighted by atomic mass is 10.1. The first kappa shape index (κ1) is 21.4. The van der Waals surface area contributed by atoms with Gasteiger partial charge in [-0.05, 0) is 47.2 Å². The highest BCUT2D eigenvalue weighted by molar-refractivity contribution is 7.68. The van der Waals surface area contributed by atoms with E-state index < -0.39 is 7.53 Å². The van der Waals surface area contributed by atoms with E-state index in [1.165, 1.54) is 48.1 Å². The molecule has 0 aliphatic carbocycles. The number of fused-ring (bicyclic) bond motifs is 6. The van der Waals surface area contributed by atoms with E-state index in [0.29, 0.717) is 0 Å². The topological polar surface area (TPSA) is 35.6 Å². The van der Waals surface area contributed by atoms with Crippen LogP contribution < -0.4 is 0 Å². The second-order valence-electron chi connectivity index (χ2n) is 9.69. The summed E-state index contributed by atoms with van der Waals surface area (Å²) in [5, 5.41) is 9.31. The predicted octanol–water partition coefficient (Wildman–Crippen LogP) is 8.86. The van der Waals surface area contributed by atoms with E-state index in [4.69, 9.17) is 4.98 Å². The molecule has 0 fully saturated rings. The summed E-state index contributed by atoms with van der Waals surface area (Å²) in [6.07, 6.45) is 5.74. The first-order valence-electron chi connectivity index (χ1n) is 12.7. The third kappa shape index (κ3) is 3.04. The van der Waals surface area contributed by atoms with Gasteiger partial charge in [-0.25, -0.2) is 9.97 Å². The van der Waals surface area contributed by atoms with Gasteiger partial charge in [0.15, 0.2) is 0 Å². The molecule has 0 amide bonds. The summed E-state index contributed by atoms with van der Waals surface area (Å²) in [5.74, 6) is 1.93. The SMILES string of the molecule is Cn1ccnc1-c1ccc2c3ccccc3p(-c3ccc4c5ccccc5n(-c5ccccn5)c4c3)c2c1. The fourth-order valence-electron chi connectivity index (χ4n) is 5.86. The van der Waals surface area contributed by atoms with Crippen molar-refractivity contribution in [3.63, 3.8) is 0 Å². The predicted molar refractivity (Wildman–Crippen MR) is 160 cm³/mol. The number of aryl methyl sites for hydroxylation is 1. The number of aromatic nitrogens is 4. The highest BCUT2D eigenvalue weighted by Crippen LogP contribution is 2.56. The number of para-hydroxylation sites is 1. The van der Waals surface area contributed by atoms with E-state index in [2.05, 4.69) is 118 Å². The van der Waals surface area contributed by atoms with Crippen molar-refractivity contribution in [1.82, 2.24) is 19.1 Å². The number of pyridine rings is 1. The molecule has 0 N–H and O–H groups in total. The number of imidazole rings is 1. The lowest BCUT2D eigenvalue weighted by Crippen LogP contribution is -1.96. The maximum atomic E-state index is 4.73. The third-order valence-corrected chi connectivity index (χ3v) is 10.1. The van der Waals surface area contributed by atoms with Gasteiger partial charge in [-0.3, -0.25) is 4.57 Å². The molecular formula is C33H23N4P. The van der Waals surface area contributed by atoms with Gasteiger partial charge in [0, 0.05) is 57.5 Å². The van der Waals surface area contributed by atoms with Crippen molar-refractivity contribution in [3.05, 3.63) is 122 Å². The van der Waals surface area contributed by atoms with Crippen molar-refractivity contribution in [1.29, 1.82) is 0 Å². The molecule has 0 spiro atoms. The summed E-state index contributed by atoms with van der Waals surface area (Å²) in [6.45, 7) is 0. The van der Waals surface area contributed by atoms with E-state index in [1.807, 2.05) is 24.7 Å². The average Bonchev–Trinajstić information content (AvgIpc) is 3.64. The summed E-state index contributed by atoms with van der Waals surface area (Å²) in [5.41, 5.74) is 3.52. The van der Waals surface area contributed by atoms with Gasteiger partial charge in [0.2, 0.25) is 0 Å². The average molecular weight is 507 g/mol. The third-order valence-electron chi connectivity index (χ3n) is 7.55. The lowest BCUT2D eigenvalue weighted by Gasteiger charge is -2.09. The van der Waals surface area contributed by atoms with Crippen molar-refractivity contribution >= 4 is 50.3 Å². The van der Waals surface area contributed by atoms with E-state index in [1.54, 1.807) is 0 Å². The molecule has 4 nitrogen and oxygen atoms in total. The summed E-state index contributed by atoms with van der Waals surface area (Å²) < 4.78 is 4.39. The van der Waals surface area contributed by atoms with E-state index in [-0.39, 0.29) is 0 Å². The van der Waals surface area contributed by atoms with Crippen LogP contribution in [0.2, 0.25) is 0 Å². The number of hydrogen-bond donors (Lipinski definition) is 0. The Morgan fingerprint density at radius 3 is 2.21 bits per heavy atom. The van der Waals surface area contributed by atoms with Crippen LogP contribution in [0.25, 0.3) is 65.3 Å². The van der Waals surface area contributed by atoms with Gasteiger partial charge in [-0.1, -0.05) is 74.3 Å². The molecule has 38 heavy (non-hydrogen) atoms. The van der Waals surface area contributed by atoms with Crippen LogP contribution in [-0.4, -0.2) is 19.1 Å². The van der Waals surface area contributed by atoms with Crippen molar-refractivity contribution in [3.8, 4) is 22.5 Å². The summed E-state index contributed by atoms with van der Waals surface area (Å²) in [6, 6.07) is 37.5. The number of nitrogens with zero attached hydrogens (tertiary/aromatic N) is 4. The van der Waals surface area contributed by atoms with Crippen molar-refractivity contribution in [2.75, 3.05) is 0 Å². The number of benzene rings is 4. The molecular weight excluding hydrogens is 483 g/mol. The zero-order chi connectivity index (χ0) is 25.2. The molecule has 5 heteroatoms. The number of hydrogen-bond acceptors (Lipinski definition) is 2. The first-order chi connectivity index (χ1) is 18.8. The molecule has 1 atom stereocenters. The molecule has 4 aromatic carbocycles.